The standard InChI is InChI=1S/C32H34N8O4/c1-32(2,3)44-31(43)38-14-12-25(13-15-38)40(34)30(42)23-8-6-22(7-9-23)26-20-36-39-16-11-24(17-27(26)39)29(41)37(4)28-10-5-21(18-33)19-35-28/h5-11,16-17,19-20,25H,12-15,34H2,1-4H3. The van der Waals surface area contributed by atoms with Crippen LogP contribution < -0.4 is 10.7 Å². The number of carbonyl (C=O) groups excluding carboxylic acids is 3. The number of benzene rings is 1. The molecule has 1 aromatic carbocycles. The minimum Gasteiger partial charge on any atom is -0.444 e. The normalized spacial score (nSPS) is 13.8. The van der Waals surface area contributed by atoms with Gasteiger partial charge in [0.1, 0.15) is 17.5 Å². The summed E-state index contributed by atoms with van der Waals surface area (Å²) in [5.41, 5.74) is 3.04. The monoisotopic (exact) mass is 594 g/mol. The maximum atomic E-state index is 13.2. The number of pyridine rings is 2. The lowest BCUT2D eigenvalue weighted by Crippen LogP contribution is -2.52. The number of piperidine rings is 1. The molecule has 3 amide bonds. The molecule has 1 saturated heterocycles. The number of hydrogen-bond acceptors (Lipinski definition) is 8. The number of ether oxygens (including phenoxy) is 1. The Morgan fingerprint density at radius 1 is 1.00 bits per heavy atom. The number of hydrogen-bond donors (Lipinski definition) is 1. The third-order valence-electron chi connectivity index (χ3n) is 7.48. The van der Waals surface area contributed by atoms with Gasteiger partial charge in [0.2, 0.25) is 0 Å². The van der Waals surface area contributed by atoms with Crippen molar-refractivity contribution in [1.29, 1.82) is 5.26 Å². The molecule has 0 saturated carbocycles. The molecule has 44 heavy (non-hydrogen) atoms. The van der Waals surface area contributed by atoms with E-state index in [0.29, 0.717) is 54.0 Å². The van der Waals surface area contributed by atoms with E-state index in [1.807, 2.05) is 39.0 Å². The van der Waals surface area contributed by atoms with E-state index in [9.17, 15) is 14.4 Å². The van der Waals surface area contributed by atoms with Crippen molar-refractivity contribution in [3.63, 3.8) is 0 Å². The molecule has 0 unspecified atom stereocenters. The van der Waals surface area contributed by atoms with Gasteiger partial charge in [-0.1, -0.05) is 12.1 Å². The number of amides is 3. The minimum atomic E-state index is -0.569. The van der Waals surface area contributed by atoms with Crippen molar-refractivity contribution in [3.05, 3.63) is 83.8 Å². The van der Waals surface area contributed by atoms with Crippen molar-refractivity contribution in [2.24, 2.45) is 5.84 Å². The van der Waals surface area contributed by atoms with Gasteiger partial charge in [-0.3, -0.25) is 19.5 Å². The van der Waals surface area contributed by atoms with Gasteiger partial charge in [0.05, 0.1) is 23.3 Å². The number of rotatable bonds is 5. The molecule has 0 bridgehead atoms. The molecule has 4 aromatic rings. The number of likely N-dealkylation sites (tertiary alicyclic amines) is 1. The van der Waals surface area contributed by atoms with Crippen LogP contribution in [0, 0.1) is 11.3 Å². The predicted molar refractivity (Wildman–Crippen MR) is 163 cm³/mol. The van der Waals surface area contributed by atoms with E-state index in [2.05, 4.69) is 10.1 Å². The number of nitriles is 1. The number of aromatic nitrogens is 3. The van der Waals surface area contributed by atoms with Crippen molar-refractivity contribution in [2.45, 2.75) is 45.3 Å². The number of nitrogens with two attached hydrogens (primary N) is 1. The molecule has 3 aromatic heterocycles. The number of hydrazine groups is 1. The summed E-state index contributed by atoms with van der Waals surface area (Å²) in [5.74, 6) is 6.11. The summed E-state index contributed by atoms with van der Waals surface area (Å²) in [7, 11) is 1.62. The molecule has 226 valence electrons. The van der Waals surface area contributed by atoms with E-state index < -0.39 is 5.60 Å². The van der Waals surface area contributed by atoms with Crippen molar-refractivity contribution in [2.75, 3.05) is 25.0 Å². The Morgan fingerprint density at radius 3 is 2.32 bits per heavy atom. The number of fused-ring (bicyclic) bond motifs is 1. The highest BCUT2D eigenvalue weighted by atomic mass is 16.6. The number of nitrogens with zero attached hydrogens (tertiary/aromatic N) is 7. The van der Waals surface area contributed by atoms with Crippen LogP contribution in [0.2, 0.25) is 0 Å². The minimum absolute atomic E-state index is 0.200. The molecule has 5 rings (SSSR count). The highest BCUT2D eigenvalue weighted by molar-refractivity contribution is 6.06. The van der Waals surface area contributed by atoms with Crippen molar-refractivity contribution >= 4 is 29.2 Å². The fourth-order valence-corrected chi connectivity index (χ4v) is 5.04. The van der Waals surface area contributed by atoms with E-state index in [-0.39, 0.29) is 23.9 Å². The summed E-state index contributed by atoms with van der Waals surface area (Å²) < 4.78 is 7.13. The average Bonchev–Trinajstić information content (AvgIpc) is 3.46. The molecular formula is C32H34N8O4. The van der Waals surface area contributed by atoms with Gasteiger partial charge >= 0.3 is 6.09 Å². The molecule has 4 heterocycles. The first kappa shape index (κ1) is 30.2. The Hall–Kier alpha value is -5.28. The Morgan fingerprint density at radius 2 is 1.70 bits per heavy atom. The highest BCUT2D eigenvalue weighted by Crippen LogP contribution is 2.27. The van der Waals surface area contributed by atoms with E-state index in [4.69, 9.17) is 15.8 Å². The van der Waals surface area contributed by atoms with Crippen LogP contribution in [-0.2, 0) is 4.74 Å². The molecular weight excluding hydrogens is 560 g/mol. The Labute approximate surface area is 255 Å². The average molecular weight is 595 g/mol. The van der Waals surface area contributed by atoms with Crippen molar-refractivity contribution < 1.29 is 19.1 Å². The van der Waals surface area contributed by atoms with Crippen molar-refractivity contribution in [1.82, 2.24) is 24.5 Å². The molecule has 12 nitrogen and oxygen atoms in total. The highest BCUT2D eigenvalue weighted by Gasteiger charge is 2.31. The topological polar surface area (TPSA) is 150 Å². The molecule has 12 heteroatoms. The zero-order valence-corrected chi connectivity index (χ0v) is 25.1. The summed E-state index contributed by atoms with van der Waals surface area (Å²) in [4.78, 5) is 46.1. The molecule has 1 aliphatic rings. The first-order valence-electron chi connectivity index (χ1n) is 14.2. The van der Waals surface area contributed by atoms with E-state index >= 15 is 0 Å². The quantitative estimate of drug-likeness (QED) is 0.205. The van der Waals surface area contributed by atoms with Crippen LogP contribution in [0.25, 0.3) is 16.6 Å². The van der Waals surface area contributed by atoms with Gasteiger partial charge in [-0.05, 0) is 75.6 Å². The summed E-state index contributed by atoms with van der Waals surface area (Å²) in [6, 6.07) is 15.6. The summed E-state index contributed by atoms with van der Waals surface area (Å²) in [6.45, 7) is 6.40. The Balaban J connectivity index is 1.27. The molecule has 0 spiro atoms. The van der Waals surface area contributed by atoms with Crippen LogP contribution in [0.1, 0.15) is 59.9 Å². The van der Waals surface area contributed by atoms with Crippen LogP contribution in [0.3, 0.4) is 0 Å². The zero-order valence-electron chi connectivity index (χ0n) is 25.1. The molecule has 0 aliphatic carbocycles. The molecule has 2 N–H and O–H groups in total. The van der Waals surface area contributed by atoms with Gasteiger partial charge in [0, 0.05) is 49.2 Å². The molecule has 1 aliphatic heterocycles. The SMILES string of the molecule is CN(C(=O)c1ccn2ncc(-c3ccc(C(=O)N(N)C4CCN(C(=O)OC(C)(C)C)CC4)cc3)c2c1)c1ccc(C#N)cn1. The fraction of sp³-hybridized carbons (Fsp3) is 0.312. The second-order valence-electron chi connectivity index (χ2n) is 11.7. The van der Waals surface area contributed by atoms with Crippen LogP contribution in [0.5, 0.6) is 0 Å². The number of carbonyl (C=O) groups is 3. The lowest BCUT2D eigenvalue weighted by atomic mass is 10.0. The maximum Gasteiger partial charge on any atom is 0.410 e. The van der Waals surface area contributed by atoms with E-state index in [1.165, 1.54) is 16.1 Å². The smallest absolute Gasteiger partial charge is 0.410 e. The third kappa shape index (κ3) is 6.38. The fourth-order valence-electron chi connectivity index (χ4n) is 5.04. The second kappa shape index (κ2) is 12.1. The van der Waals surface area contributed by atoms with Gasteiger partial charge in [0.25, 0.3) is 11.8 Å². The number of anilines is 1. The Bertz CT molecular complexity index is 1730. The van der Waals surface area contributed by atoms with Gasteiger partial charge in [-0.15, -0.1) is 0 Å². The van der Waals surface area contributed by atoms with Gasteiger partial charge in [0.15, 0.2) is 0 Å². The first-order valence-corrected chi connectivity index (χ1v) is 14.2. The predicted octanol–water partition coefficient (Wildman–Crippen LogP) is 4.26. The molecule has 1 fully saturated rings. The maximum absolute atomic E-state index is 13.2. The molecule has 0 atom stereocenters. The van der Waals surface area contributed by atoms with Crippen LogP contribution in [0.4, 0.5) is 10.6 Å². The Kier molecular flexibility index (Phi) is 8.33. The zero-order chi connectivity index (χ0) is 31.6. The first-order chi connectivity index (χ1) is 20.9. The molecule has 0 radical (unpaired) electrons. The van der Waals surface area contributed by atoms with Crippen LogP contribution in [0.15, 0.2) is 67.1 Å². The van der Waals surface area contributed by atoms with Crippen LogP contribution in [-0.4, -0.2) is 74.2 Å². The van der Waals surface area contributed by atoms with E-state index in [0.717, 1.165) is 11.1 Å². The lowest BCUT2D eigenvalue weighted by Gasteiger charge is -2.36. The van der Waals surface area contributed by atoms with Gasteiger partial charge in [-0.2, -0.15) is 10.4 Å². The summed E-state index contributed by atoms with van der Waals surface area (Å²) in [5, 5.41) is 14.7. The van der Waals surface area contributed by atoms with Gasteiger partial charge < -0.3 is 9.64 Å². The third-order valence-corrected chi connectivity index (χ3v) is 7.48. The lowest BCUT2D eigenvalue weighted by molar-refractivity contribution is 0.0146. The van der Waals surface area contributed by atoms with Crippen molar-refractivity contribution in [3.8, 4) is 17.2 Å². The largest absolute Gasteiger partial charge is 0.444 e. The second-order valence-corrected chi connectivity index (χ2v) is 11.7. The summed E-state index contributed by atoms with van der Waals surface area (Å²) in [6.07, 6.45) is 5.59. The van der Waals surface area contributed by atoms with Gasteiger partial charge in [-0.25, -0.2) is 20.1 Å². The summed E-state index contributed by atoms with van der Waals surface area (Å²) >= 11 is 0. The van der Waals surface area contributed by atoms with E-state index in [1.54, 1.807) is 65.3 Å². The van der Waals surface area contributed by atoms with Crippen LogP contribution >= 0.6 is 0 Å².